The van der Waals surface area contributed by atoms with Gasteiger partial charge in [-0.15, -0.1) is 0 Å². The molecule has 2 heterocycles. The van der Waals surface area contributed by atoms with Crippen LogP contribution in [-0.4, -0.2) is 58.6 Å². The summed E-state index contributed by atoms with van der Waals surface area (Å²) in [4.78, 5) is 39.8. The minimum absolute atomic E-state index is 0.0270. The second-order valence-corrected chi connectivity index (χ2v) is 6.47. The van der Waals surface area contributed by atoms with Crippen molar-refractivity contribution in [3.8, 4) is 0 Å². The Morgan fingerprint density at radius 1 is 1.28 bits per heavy atom. The van der Waals surface area contributed by atoms with Crippen molar-refractivity contribution in [3.63, 3.8) is 0 Å². The van der Waals surface area contributed by atoms with E-state index in [1.165, 1.54) is 4.90 Å². The molecule has 0 saturated carbocycles. The third-order valence-electron chi connectivity index (χ3n) is 4.23. The van der Waals surface area contributed by atoms with Gasteiger partial charge in [-0.2, -0.15) is 0 Å². The standard InChI is InChI=1S/C16H17ClN4O4/c1-21-7-13(20-16(24)25)11(6-14(21)22)19-15(23)12-5-8-4-9(17)2-3-10(8)18-12/h2-5,11,13,18,20H,6-7H2,1H3,(H,19,23)(H,24,25)/t11-,13?/m1/s1. The Labute approximate surface area is 148 Å². The normalized spacial score (nSPS) is 20.6. The maximum Gasteiger partial charge on any atom is 0.405 e. The molecular formula is C16H17ClN4O4. The number of hydrogen-bond donors (Lipinski definition) is 4. The third kappa shape index (κ3) is 3.69. The largest absolute Gasteiger partial charge is 0.465 e. The van der Waals surface area contributed by atoms with E-state index in [4.69, 9.17) is 16.7 Å². The number of carbonyl (C=O) groups excluding carboxylic acids is 2. The number of likely N-dealkylation sites (tertiary alicyclic amines) is 1. The van der Waals surface area contributed by atoms with Gasteiger partial charge < -0.3 is 25.6 Å². The number of amides is 3. The molecule has 1 aliphatic heterocycles. The topological polar surface area (TPSA) is 115 Å². The number of H-pyrrole nitrogens is 1. The number of piperidine rings is 1. The highest BCUT2D eigenvalue weighted by Crippen LogP contribution is 2.20. The van der Waals surface area contributed by atoms with Crippen LogP contribution in [0.1, 0.15) is 16.9 Å². The molecule has 0 aliphatic carbocycles. The number of rotatable bonds is 3. The van der Waals surface area contributed by atoms with Crippen molar-refractivity contribution in [2.45, 2.75) is 18.5 Å². The van der Waals surface area contributed by atoms with Crippen molar-refractivity contribution < 1.29 is 19.5 Å². The highest BCUT2D eigenvalue weighted by atomic mass is 35.5. The Hall–Kier alpha value is -2.74. The van der Waals surface area contributed by atoms with Crippen LogP contribution in [-0.2, 0) is 4.79 Å². The van der Waals surface area contributed by atoms with Gasteiger partial charge in [0, 0.05) is 35.9 Å². The van der Waals surface area contributed by atoms with E-state index in [0.29, 0.717) is 10.7 Å². The van der Waals surface area contributed by atoms with Gasteiger partial charge in [0.1, 0.15) is 5.69 Å². The summed E-state index contributed by atoms with van der Waals surface area (Å²) in [5.74, 6) is -0.566. The van der Waals surface area contributed by atoms with E-state index in [0.717, 1.165) is 10.9 Å². The van der Waals surface area contributed by atoms with Crippen molar-refractivity contribution >= 4 is 40.4 Å². The molecule has 0 spiro atoms. The van der Waals surface area contributed by atoms with E-state index in [1.54, 1.807) is 31.3 Å². The lowest BCUT2D eigenvalue weighted by Crippen LogP contribution is -2.61. The second-order valence-electron chi connectivity index (χ2n) is 6.03. The molecule has 25 heavy (non-hydrogen) atoms. The molecule has 3 rings (SSSR count). The first-order chi connectivity index (χ1) is 11.8. The van der Waals surface area contributed by atoms with E-state index in [2.05, 4.69) is 15.6 Å². The summed E-state index contributed by atoms with van der Waals surface area (Å²) >= 11 is 5.94. The Kier molecular flexibility index (Phi) is 4.54. The SMILES string of the molecule is CN1CC(NC(=O)O)[C@H](NC(=O)c2cc3cc(Cl)ccc3[nH]2)CC1=O. The maximum absolute atomic E-state index is 12.5. The van der Waals surface area contributed by atoms with Crippen LogP contribution >= 0.6 is 11.6 Å². The highest BCUT2D eigenvalue weighted by Gasteiger charge is 2.34. The molecule has 2 aromatic rings. The van der Waals surface area contributed by atoms with Gasteiger partial charge in [-0.3, -0.25) is 9.59 Å². The monoisotopic (exact) mass is 364 g/mol. The van der Waals surface area contributed by atoms with Gasteiger partial charge in [-0.05, 0) is 24.3 Å². The van der Waals surface area contributed by atoms with Crippen LogP contribution in [0.3, 0.4) is 0 Å². The highest BCUT2D eigenvalue weighted by molar-refractivity contribution is 6.31. The Morgan fingerprint density at radius 2 is 2.04 bits per heavy atom. The first-order valence-electron chi connectivity index (χ1n) is 7.66. The van der Waals surface area contributed by atoms with Crippen LogP contribution in [0.25, 0.3) is 10.9 Å². The number of nitrogens with zero attached hydrogens (tertiary/aromatic N) is 1. The minimum Gasteiger partial charge on any atom is -0.465 e. The van der Waals surface area contributed by atoms with E-state index >= 15 is 0 Å². The number of carbonyl (C=O) groups is 3. The summed E-state index contributed by atoms with van der Waals surface area (Å²) in [6.07, 6.45) is -1.17. The molecule has 8 nitrogen and oxygen atoms in total. The molecule has 1 aromatic carbocycles. The average Bonchev–Trinajstić information content (AvgIpc) is 2.94. The summed E-state index contributed by atoms with van der Waals surface area (Å²) in [6.45, 7) is 0.193. The number of aromatic amines is 1. The zero-order chi connectivity index (χ0) is 18.1. The molecule has 9 heteroatoms. The number of carboxylic acid groups (broad SMARTS) is 1. The molecule has 0 radical (unpaired) electrons. The number of benzene rings is 1. The molecule has 1 aromatic heterocycles. The molecule has 4 N–H and O–H groups in total. The van der Waals surface area contributed by atoms with Gasteiger partial charge in [-0.1, -0.05) is 11.6 Å². The maximum atomic E-state index is 12.5. The number of nitrogens with one attached hydrogen (secondary N) is 3. The van der Waals surface area contributed by atoms with Crippen molar-refractivity contribution in [2.24, 2.45) is 0 Å². The molecule has 132 valence electrons. The molecule has 1 aliphatic rings. The van der Waals surface area contributed by atoms with Crippen LogP contribution in [0, 0.1) is 0 Å². The lowest BCUT2D eigenvalue weighted by Gasteiger charge is -2.36. The Morgan fingerprint density at radius 3 is 2.76 bits per heavy atom. The van der Waals surface area contributed by atoms with Crippen LogP contribution in [0.4, 0.5) is 4.79 Å². The van der Waals surface area contributed by atoms with Crippen molar-refractivity contribution in [3.05, 3.63) is 35.0 Å². The Balaban J connectivity index is 1.78. The Bertz CT molecular complexity index is 850. The fourth-order valence-electron chi connectivity index (χ4n) is 2.94. The molecule has 1 fully saturated rings. The van der Waals surface area contributed by atoms with Crippen LogP contribution in [0.15, 0.2) is 24.3 Å². The molecular weight excluding hydrogens is 348 g/mol. The fourth-order valence-corrected chi connectivity index (χ4v) is 3.12. The molecule has 0 bridgehead atoms. The number of hydrogen-bond acceptors (Lipinski definition) is 3. The number of fused-ring (bicyclic) bond motifs is 1. The van der Waals surface area contributed by atoms with Crippen molar-refractivity contribution in [2.75, 3.05) is 13.6 Å². The minimum atomic E-state index is -1.20. The number of aromatic nitrogens is 1. The number of halogens is 1. The van der Waals surface area contributed by atoms with Crippen molar-refractivity contribution in [1.29, 1.82) is 0 Å². The summed E-state index contributed by atoms with van der Waals surface area (Å²) in [5, 5.41) is 15.4. The lowest BCUT2D eigenvalue weighted by molar-refractivity contribution is -0.133. The second kappa shape index (κ2) is 6.64. The van der Waals surface area contributed by atoms with Crippen molar-refractivity contribution in [1.82, 2.24) is 20.5 Å². The van der Waals surface area contributed by atoms with E-state index < -0.39 is 24.1 Å². The predicted molar refractivity (Wildman–Crippen MR) is 91.8 cm³/mol. The van der Waals surface area contributed by atoms with Gasteiger partial charge in [0.15, 0.2) is 0 Å². The summed E-state index contributed by atoms with van der Waals surface area (Å²) in [5.41, 5.74) is 1.08. The molecule has 3 amide bonds. The average molecular weight is 365 g/mol. The molecule has 1 unspecified atom stereocenters. The van der Waals surface area contributed by atoms with Crippen LogP contribution < -0.4 is 10.6 Å². The van der Waals surface area contributed by atoms with Gasteiger partial charge in [0.05, 0.1) is 12.1 Å². The third-order valence-corrected chi connectivity index (χ3v) is 4.46. The van der Waals surface area contributed by atoms with Gasteiger partial charge in [-0.25, -0.2) is 4.79 Å². The van der Waals surface area contributed by atoms with Gasteiger partial charge in [0.25, 0.3) is 5.91 Å². The molecule has 2 atom stereocenters. The zero-order valence-electron chi connectivity index (χ0n) is 13.4. The summed E-state index contributed by atoms with van der Waals surface area (Å²) in [6, 6.07) is 5.67. The lowest BCUT2D eigenvalue weighted by atomic mass is 9.99. The van der Waals surface area contributed by atoms with Crippen LogP contribution in [0.5, 0.6) is 0 Å². The quantitative estimate of drug-likeness (QED) is 0.659. The molecule has 1 saturated heterocycles. The number of likely N-dealkylation sites (N-methyl/N-ethyl adjacent to an activating group) is 1. The van der Waals surface area contributed by atoms with Gasteiger partial charge >= 0.3 is 6.09 Å². The summed E-state index contributed by atoms with van der Waals surface area (Å²) < 4.78 is 0. The predicted octanol–water partition coefficient (Wildman–Crippen LogP) is 1.42. The van der Waals surface area contributed by atoms with Crippen LogP contribution in [0.2, 0.25) is 5.02 Å². The fraction of sp³-hybridized carbons (Fsp3) is 0.312. The zero-order valence-corrected chi connectivity index (χ0v) is 14.1. The van der Waals surface area contributed by atoms with E-state index in [9.17, 15) is 14.4 Å². The first kappa shape index (κ1) is 17.1. The first-order valence-corrected chi connectivity index (χ1v) is 8.04. The van der Waals surface area contributed by atoms with E-state index in [-0.39, 0.29) is 18.9 Å². The smallest absolute Gasteiger partial charge is 0.405 e. The van der Waals surface area contributed by atoms with Gasteiger partial charge in [0.2, 0.25) is 5.91 Å². The summed E-state index contributed by atoms with van der Waals surface area (Å²) in [7, 11) is 1.60. The van der Waals surface area contributed by atoms with E-state index in [1.807, 2.05) is 0 Å².